The first kappa shape index (κ1) is 18.3. The summed E-state index contributed by atoms with van der Waals surface area (Å²) in [5.41, 5.74) is 1.10. The summed E-state index contributed by atoms with van der Waals surface area (Å²) in [6, 6.07) is 19.4. The molecule has 0 aliphatic rings. The molecule has 0 saturated carbocycles. The minimum atomic E-state index is -0.587. The van der Waals surface area contributed by atoms with E-state index < -0.39 is 5.60 Å². The molecule has 128 valence electrons. The molecule has 0 fully saturated rings. The molecule has 2 aromatic rings. The summed E-state index contributed by atoms with van der Waals surface area (Å²) in [6.07, 6.45) is 1.63. The Balaban J connectivity index is 2.42. The van der Waals surface area contributed by atoms with Crippen molar-refractivity contribution in [3.05, 3.63) is 71.8 Å². The molecule has 0 unspecified atom stereocenters. The summed E-state index contributed by atoms with van der Waals surface area (Å²) < 4.78 is 6.19. The van der Waals surface area contributed by atoms with Gasteiger partial charge in [0, 0.05) is 0 Å². The van der Waals surface area contributed by atoms with Gasteiger partial charge < -0.3 is 4.74 Å². The van der Waals surface area contributed by atoms with Crippen molar-refractivity contribution in [3.8, 4) is 0 Å². The molecule has 0 radical (unpaired) electrons. The number of hydrogen-bond acceptors (Lipinski definition) is 2. The highest BCUT2D eigenvalue weighted by Crippen LogP contribution is 2.39. The Morgan fingerprint density at radius 1 is 0.833 bits per heavy atom. The first-order valence-corrected chi connectivity index (χ1v) is 8.77. The largest absolute Gasteiger partial charge is 0.451 e. The fourth-order valence-corrected chi connectivity index (χ4v) is 3.33. The molecule has 0 saturated heterocycles. The average Bonchev–Trinajstić information content (AvgIpc) is 2.55. The fraction of sp³-hybridized carbons (Fsp3) is 0.409. The van der Waals surface area contributed by atoms with Crippen LogP contribution in [-0.2, 0) is 10.3 Å². The number of carbonyl (C=O) groups excluding carboxylic acids is 1. The van der Waals surface area contributed by atoms with E-state index >= 15 is 0 Å². The lowest BCUT2D eigenvalue weighted by Crippen LogP contribution is -2.35. The zero-order chi connectivity index (χ0) is 17.6. The molecule has 0 aliphatic carbocycles. The van der Waals surface area contributed by atoms with Crippen LogP contribution in [0.15, 0.2) is 60.7 Å². The number of benzene rings is 2. The Bertz CT molecular complexity index is 620. The predicted octanol–water partition coefficient (Wildman–Crippen LogP) is 5.83. The molecule has 24 heavy (non-hydrogen) atoms. The predicted molar refractivity (Wildman–Crippen MR) is 98.9 cm³/mol. The van der Waals surface area contributed by atoms with Crippen LogP contribution >= 0.6 is 0 Å². The second kappa shape index (κ2) is 8.14. The van der Waals surface area contributed by atoms with Crippen LogP contribution in [-0.4, -0.2) is 5.97 Å². The highest BCUT2D eigenvalue weighted by atomic mass is 16.6. The van der Waals surface area contributed by atoms with Gasteiger partial charge in [-0.2, -0.15) is 0 Å². The Kier molecular flexibility index (Phi) is 6.19. The van der Waals surface area contributed by atoms with Gasteiger partial charge in [-0.15, -0.1) is 0 Å². The molecule has 2 rings (SSSR count). The SMILES string of the molecule is CC(C)CC(CC(C)C)(OC(=O)c1ccccc1)c1ccccc1. The van der Waals surface area contributed by atoms with Crippen LogP contribution in [0.2, 0.25) is 0 Å². The molecule has 0 aromatic heterocycles. The third kappa shape index (κ3) is 4.70. The van der Waals surface area contributed by atoms with Crippen LogP contribution in [0.4, 0.5) is 0 Å². The number of hydrogen-bond donors (Lipinski definition) is 0. The Morgan fingerprint density at radius 2 is 1.29 bits per heavy atom. The molecular weight excluding hydrogens is 296 g/mol. The van der Waals surface area contributed by atoms with Gasteiger partial charge >= 0.3 is 5.97 Å². The molecule has 0 bridgehead atoms. The van der Waals surface area contributed by atoms with Crippen LogP contribution in [0.5, 0.6) is 0 Å². The van der Waals surface area contributed by atoms with Gasteiger partial charge in [0.1, 0.15) is 5.60 Å². The maximum atomic E-state index is 12.8. The normalized spacial score (nSPS) is 11.8. The highest BCUT2D eigenvalue weighted by molar-refractivity contribution is 5.89. The van der Waals surface area contributed by atoms with E-state index in [2.05, 4.69) is 39.8 Å². The topological polar surface area (TPSA) is 26.3 Å². The van der Waals surface area contributed by atoms with Crippen LogP contribution < -0.4 is 0 Å². The van der Waals surface area contributed by atoms with Crippen molar-refractivity contribution >= 4 is 5.97 Å². The van der Waals surface area contributed by atoms with Crippen molar-refractivity contribution in [1.82, 2.24) is 0 Å². The van der Waals surface area contributed by atoms with Gasteiger partial charge in [-0.05, 0) is 42.4 Å². The Morgan fingerprint density at radius 3 is 1.75 bits per heavy atom. The van der Waals surface area contributed by atoms with E-state index in [1.54, 1.807) is 0 Å². The van der Waals surface area contributed by atoms with E-state index in [4.69, 9.17) is 4.74 Å². The molecule has 2 heteroatoms. The molecule has 0 heterocycles. The van der Waals surface area contributed by atoms with E-state index in [0.717, 1.165) is 18.4 Å². The number of ether oxygens (including phenoxy) is 1. The molecule has 0 amide bonds. The molecule has 0 spiro atoms. The van der Waals surface area contributed by atoms with Crippen molar-refractivity contribution in [3.63, 3.8) is 0 Å². The molecule has 2 aromatic carbocycles. The molecule has 0 atom stereocenters. The quantitative estimate of drug-likeness (QED) is 0.599. The monoisotopic (exact) mass is 324 g/mol. The minimum absolute atomic E-state index is 0.249. The second-order valence-corrected chi connectivity index (χ2v) is 7.31. The zero-order valence-corrected chi connectivity index (χ0v) is 15.2. The van der Waals surface area contributed by atoms with E-state index in [9.17, 15) is 4.79 Å². The second-order valence-electron chi connectivity index (χ2n) is 7.31. The lowest BCUT2D eigenvalue weighted by atomic mass is 9.79. The van der Waals surface area contributed by atoms with Gasteiger partial charge in [0.15, 0.2) is 0 Å². The van der Waals surface area contributed by atoms with Crippen molar-refractivity contribution in [2.24, 2.45) is 11.8 Å². The third-order valence-corrected chi connectivity index (χ3v) is 4.07. The molecule has 2 nitrogen and oxygen atoms in total. The van der Waals surface area contributed by atoms with Crippen LogP contribution in [0.25, 0.3) is 0 Å². The average molecular weight is 324 g/mol. The zero-order valence-electron chi connectivity index (χ0n) is 15.2. The Labute approximate surface area is 145 Å². The van der Waals surface area contributed by atoms with Crippen LogP contribution in [0.1, 0.15) is 56.5 Å². The molecule has 0 N–H and O–H groups in total. The lowest BCUT2D eigenvalue weighted by Gasteiger charge is -2.37. The maximum absolute atomic E-state index is 12.8. The summed E-state index contributed by atoms with van der Waals surface area (Å²) in [7, 11) is 0. The summed E-state index contributed by atoms with van der Waals surface area (Å²) in [6.45, 7) is 8.70. The summed E-state index contributed by atoms with van der Waals surface area (Å²) in [4.78, 5) is 12.8. The number of rotatable bonds is 7. The lowest BCUT2D eigenvalue weighted by molar-refractivity contribution is -0.0438. The van der Waals surface area contributed by atoms with Gasteiger partial charge in [-0.25, -0.2) is 4.79 Å². The minimum Gasteiger partial charge on any atom is -0.451 e. The number of esters is 1. The van der Waals surface area contributed by atoms with Crippen molar-refractivity contribution in [2.45, 2.75) is 46.1 Å². The maximum Gasteiger partial charge on any atom is 0.339 e. The van der Waals surface area contributed by atoms with Gasteiger partial charge in [-0.1, -0.05) is 76.2 Å². The first-order chi connectivity index (χ1) is 11.4. The van der Waals surface area contributed by atoms with Crippen molar-refractivity contribution in [2.75, 3.05) is 0 Å². The summed E-state index contributed by atoms with van der Waals surface area (Å²) in [5.74, 6) is 0.598. The fourth-order valence-electron chi connectivity index (χ4n) is 3.33. The third-order valence-electron chi connectivity index (χ3n) is 4.07. The van der Waals surface area contributed by atoms with Crippen molar-refractivity contribution in [1.29, 1.82) is 0 Å². The van der Waals surface area contributed by atoms with Crippen LogP contribution in [0.3, 0.4) is 0 Å². The highest BCUT2D eigenvalue weighted by Gasteiger charge is 2.38. The standard InChI is InChI=1S/C22H28O2/c1-17(2)15-22(16-18(3)4,20-13-9-6-10-14-20)24-21(23)19-11-7-5-8-12-19/h5-14,17-18H,15-16H2,1-4H3. The number of carbonyl (C=O) groups is 1. The Hall–Kier alpha value is -2.09. The van der Waals surface area contributed by atoms with Gasteiger partial charge in [0.25, 0.3) is 0 Å². The van der Waals surface area contributed by atoms with Gasteiger partial charge in [0.05, 0.1) is 5.56 Å². The van der Waals surface area contributed by atoms with Crippen LogP contribution in [0, 0.1) is 11.8 Å². The van der Waals surface area contributed by atoms with Gasteiger partial charge in [-0.3, -0.25) is 0 Å². The molecular formula is C22H28O2. The van der Waals surface area contributed by atoms with E-state index in [1.807, 2.05) is 48.5 Å². The van der Waals surface area contributed by atoms with E-state index in [0.29, 0.717) is 17.4 Å². The smallest absolute Gasteiger partial charge is 0.339 e. The van der Waals surface area contributed by atoms with E-state index in [1.165, 1.54) is 0 Å². The van der Waals surface area contributed by atoms with E-state index in [-0.39, 0.29) is 5.97 Å². The first-order valence-electron chi connectivity index (χ1n) is 8.77. The summed E-state index contributed by atoms with van der Waals surface area (Å²) >= 11 is 0. The summed E-state index contributed by atoms with van der Waals surface area (Å²) in [5, 5.41) is 0. The molecule has 0 aliphatic heterocycles. The van der Waals surface area contributed by atoms with Crippen molar-refractivity contribution < 1.29 is 9.53 Å². The van der Waals surface area contributed by atoms with Gasteiger partial charge in [0.2, 0.25) is 0 Å².